The van der Waals surface area contributed by atoms with Gasteiger partial charge in [-0.1, -0.05) is 33.8 Å². The minimum atomic E-state index is -0.966. The van der Waals surface area contributed by atoms with Crippen molar-refractivity contribution in [1.82, 2.24) is 5.32 Å². The molecule has 0 saturated carbocycles. The van der Waals surface area contributed by atoms with E-state index in [2.05, 4.69) is 5.32 Å². The van der Waals surface area contributed by atoms with Crippen molar-refractivity contribution < 1.29 is 34.0 Å². The average molecular weight is 568 g/mol. The van der Waals surface area contributed by atoms with Crippen molar-refractivity contribution in [1.29, 1.82) is 0 Å². The van der Waals surface area contributed by atoms with E-state index in [1.54, 1.807) is 46.3 Å². The van der Waals surface area contributed by atoms with Crippen LogP contribution in [0.3, 0.4) is 0 Å². The number of carbonyl (C=O) groups is 2. The standard InChI is InChI=1S/C30H53N3O7/c1-18(2)21(27(35)20-10-11-25(39-8)26(14-20)40-13-9-12-38-7)15-23(31)24(34)16-22(19(3)4)28(36)33-17-30(5,6)29(32)37/h10-11,14,18-19,21-24,27,34-35H,9,12-13,15-17,31H2,1-8H3,(H2,32,37)(H,33,36)/t21-,22-,23-,24-,27-/m0/s1. The molecule has 0 aromatic heterocycles. The second-order valence-corrected chi connectivity index (χ2v) is 12.0. The zero-order chi connectivity index (χ0) is 30.6. The van der Waals surface area contributed by atoms with Crippen LogP contribution in [0, 0.1) is 29.1 Å². The maximum atomic E-state index is 12.9. The van der Waals surface area contributed by atoms with E-state index in [4.69, 9.17) is 25.7 Å². The van der Waals surface area contributed by atoms with Crippen molar-refractivity contribution in [2.24, 2.45) is 40.6 Å². The number of aliphatic hydroxyl groups excluding tert-OH is 2. The molecule has 10 heteroatoms. The molecule has 0 heterocycles. The van der Waals surface area contributed by atoms with Crippen LogP contribution < -0.4 is 26.3 Å². The first kappa shape index (κ1) is 35.6. The lowest BCUT2D eigenvalue weighted by molar-refractivity contribution is -0.130. The average Bonchev–Trinajstić information content (AvgIpc) is 2.90. The molecule has 10 nitrogen and oxygen atoms in total. The van der Waals surface area contributed by atoms with Gasteiger partial charge in [-0.15, -0.1) is 0 Å². The zero-order valence-electron chi connectivity index (χ0n) is 25.6. The molecule has 0 aliphatic carbocycles. The third-order valence-electron chi connectivity index (χ3n) is 7.59. The van der Waals surface area contributed by atoms with Crippen LogP contribution in [-0.2, 0) is 14.3 Å². The van der Waals surface area contributed by atoms with E-state index in [0.29, 0.717) is 43.1 Å². The van der Waals surface area contributed by atoms with Gasteiger partial charge in [-0.25, -0.2) is 0 Å². The van der Waals surface area contributed by atoms with Crippen molar-refractivity contribution in [3.8, 4) is 11.5 Å². The summed E-state index contributed by atoms with van der Waals surface area (Å²) in [7, 11) is 3.20. The molecule has 5 atom stereocenters. The zero-order valence-corrected chi connectivity index (χ0v) is 25.6. The van der Waals surface area contributed by atoms with Gasteiger partial charge in [0.1, 0.15) is 0 Å². The summed E-state index contributed by atoms with van der Waals surface area (Å²) in [5.41, 5.74) is 11.7. The van der Waals surface area contributed by atoms with Gasteiger partial charge >= 0.3 is 0 Å². The minimum Gasteiger partial charge on any atom is -0.493 e. The highest BCUT2D eigenvalue weighted by molar-refractivity contribution is 5.83. The van der Waals surface area contributed by atoms with Crippen molar-refractivity contribution in [2.45, 2.75) is 79.1 Å². The van der Waals surface area contributed by atoms with Crippen LogP contribution in [0.1, 0.15) is 72.5 Å². The molecule has 1 rings (SSSR count). The second kappa shape index (κ2) is 16.8. The first-order valence-corrected chi connectivity index (χ1v) is 14.1. The molecule has 0 aliphatic rings. The van der Waals surface area contributed by atoms with Gasteiger partial charge in [0.05, 0.1) is 31.3 Å². The van der Waals surface area contributed by atoms with Crippen LogP contribution in [0.5, 0.6) is 11.5 Å². The van der Waals surface area contributed by atoms with Gasteiger partial charge in [-0.2, -0.15) is 0 Å². The van der Waals surface area contributed by atoms with Gasteiger partial charge in [0.15, 0.2) is 11.5 Å². The SMILES string of the molecule is COCCCOc1cc([C@H](O)[C@@H](C[C@H](N)[C@@H](O)C[C@H](C(=O)NCC(C)(C)C(N)=O)C(C)C)C(C)C)ccc1OC. The number of benzene rings is 1. The largest absolute Gasteiger partial charge is 0.493 e. The normalized spacial score (nSPS) is 15.8. The highest BCUT2D eigenvalue weighted by Crippen LogP contribution is 2.37. The highest BCUT2D eigenvalue weighted by atomic mass is 16.5. The number of hydrogen-bond acceptors (Lipinski definition) is 8. The molecule has 40 heavy (non-hydrogen) atoms. The van der Waals surface area contributed by atoms with Crippen LogP contribution in [-0.4, -0.2) is 68.2 Å². The first-order chi connectivity index (χ1) is 18.7. The summed E-state index contributed by atoms with van der Waals surface area (Å²) in [5, 5.41) is 25.2. The van der Waals surface area contributed by atoms with Gasteiger partial charge in [0, 0.05) is 38.6 Å². The number of carbonyl (C=O) groups excluding carboxylic acids is 2. The van der Waals surface area contributed by atoms with E-state index in [1.165, 1.54) is 0 Å². The van der Waals surface area contributed by atoms with Crippen molar-refractivity contribution in [3.05, 3.63) is 23.8 Å². The summed E-state index contributed by atoms with van der Waals surface area (Å²) in [5.74, 6) is -0.434. The molecule has 1 aromatic rings. The quantitative estimate of drug-likeness (QED) is 0.159. The Bertz CT molecular complexity index is 923. The Kier molecular flexibility index (Phi) is 14.9. The number of ether oxygens (including phenoxy) is 3. The lowest BCUT2D eigenvalue weighted by atomic mass is 9.79. The molecule has 7 N–H and O–H groups in total. The van der Waals surface area contributed by atoms with E-state index < -0.39 is 35.5 Å². The van der Waals surface area contributed by atoms with Gasteiger partial charge in [0.25, 0.3) is 0 Å². The summed E-state index contributed by atoms with van der Waals surface area (Å²) in [4.78, 5) is 24.6. The number of rotatable bonds is 19. The molecule has 1 aromatic carbocycles. The first-order valence-electron chi connectivity index (χ1n) is 14.1. The Morgan fingerprint density at radius 3 is 2.17 bits per heavy atom. The summed E-state index contributed by atoms with van der Waals surface area (Å²) in [6.07, 6.45) is -0.606. The number of nitrogens with two attached hydrogens (primary N) is 2. The molecule has 0 fully saturated rings. The van der Waals surface area contributed by atoms with E-state index >= 15 is 0 Å². The lowest BCUT2D eigenvalue weighted by Crippen LogP contribution is -2.46. The molecule has 0 unspecified atom stereocenters. The lowest BCUT2D eigenvalue weighted by Gasteiger charge is -2.32. The molecular weight excluding hydrogens is 514 g/mol. The highest BCUT2D eigenvalue weighted by Gasteiger charge is 2.33. The number of primary amides is 1. The second-order valence-electron chi connectivity index (χ2n) is 12.0. The fourth-order valence-corrected chi connectivity index (χ4v) is 4.50. The molecule has 0 spiro atoms. The fourth-order valence-electron chi connectivity index (χ4n) is 4.50. The number of amides is 2. The summed E-state index contributed by atoms with van der Waals surface area (Å²) < 4.78 is 16.4. The number of methoxy groups -OCH3 is 2. The topological polar surface area (TPSA) is 166 Å². The van der Waals surface area contributed by atoms with Gasteiger partial charge in [-0.05, 0) is 62.1 Å². The number of hydrogen-bond donors (Lipinski definition) is 5. The molecule has 0 bridgehead atoms. The van der Waals surface area contributed by atoms with Crippen molar-refractivity contribution in [3.63, 3.8) is 0 Å². The Labute approximate surface area is 240 Å². The molecule has 0 aliphatic heterocycles. The van der Waals surface area contributed by atoms with Crippen molar-refractivity contribution in [2.75, 3.05) is 34.0 Å². The van der Waals surface area contributed by atoms with Crippen LogP contribution in [0.15, 0.2) is 18.2 Å². The van der Waals surface area contributed by atoms with Gasteiger partial charge < -0.3 is 41.2 Å². The van der Waals surface area contributed by atoms with Crippen LogP contribution in [0.2, 0.25) is 0 Å². The summed E-state index contributed by atoms with van der Waals surface area (Å²) in [6, 6.07) is 4.68. The van der Waals surface area contributed by atoms with Gasteiger partial charge in [0.2, 0.25) is 11.8 Å². The molecule has 0 saturated heterocycles. The Balaban J connectivity index is 2.97. The van der Waals surface area contributed by atoms with E-state index in [0.717, 1.165) is 0 Å². The smallest absolute Gasteiger partial charge is 0.224 e. The maximum Gasteiger partial charge on any atom is 0.224 e. The molecule has 230 valence electrons. The Morgan fingerprint density at radius 1 is 1.00 bits per heavy atom. The van der Waals surface area contributed by atoms with Crippen LogP contribution in [0.4, 0.5) is 0 Å². The summed E-state index contributed by atoms with van der Waals surface area (Å²) >= 11 is 0. The van der Waals surface area contributed by atoms with Crippen molar-refractivity contribution >= 4 is 11.8 Å². The third-order valence-corrected chi connectivity index (χ3v) is 7.59. The van der Waals surface area contributed by atoms with E-state index in [9.17, 15) is 19.8 Å². The van der Waals surface area contributed by atoms with Crippen LogP contribution >= 0.6 is 0 Å². The summed E-state index contributed by atoms with van der Waals surface area (Å²) in [6.45, 7) is 12.3. The van der Waals surface area contributed by atoms with E-state index in [1.807, 2.05) is 27.7 Å². The Hall–Kier alpha value is -2.40. The predicted molar refractivity (Wildman–Crippen MR) is 156 cm³/mol. The molecule has 2 amide bonds. The third kappa shape index (κ3) is 10.9. The fraction of sp³-hybridized carbons (Fsp3) is 0.733. The molecular formula is C30H53N3O7. The Morgan fingerprint density at radius 2 is 1.65 bits per heavy atom. The predicted octanol–water partition coefficient (Wildman–Crippen LogP) is 2.78. The minimum absolute atomic E-state index is 0.0571. The number of nitrogens with one attached hydrogen (secondary N) is 1. The number of aliphatic hydroxyl groups is 2. The monoisotopic (exact) mass is 567 g/mol. The van der Waals surface area contributed by atoms with E-state index in [-0.39, 0.29) is 36.6 Å². The molecule has 0 radical (unpaired) electrons. The van der Waals surface area contributed by atoms with Crippen LogP contribution in [0.25, 0.3) is 0 Å². The van der Waals surface area contributed by atoms with Gasteiger partial charge in [-0.3, -0.25) is 9.59 Å². The maximum absolute atomic E-state index is 12.9.